The molecule has 8 aromatic rings. The first-order valence-electron chi connectivity index (χ1n) is 15.0. The van der Waals surface area contributed by atoms with Crippen molar-refractivity contribution >= 4 is 89.0 Å². The zero-order valence-corrected chi connectivity index (χ0v) is 29.7. The van der Waals surface area contributed by atoms with Gasteiger partial charge in [-0.1, -0.05) is 82.3 Å². The Labute approximate surface area is 305 Å². The molecular weight excluding hydrogens is 737 g/mol. The first kappa shape index (κ1) is 33.7. The maximum absolute atomic E-state index is 11.6. The van der Waals surface area contributed by atoms with Crippen molar-refractivity contribution in [2.75, 3.05) is 24.3 Å². The zero-order valence-electron chi connectivity index (χ0n) is 26.5. The predicted molar refractivity (Wildman–Crippen MR) is 197 cm³/mol. The smallest absolute Gasteiger partial charge is 0.413 e. The molecule has 0 saturated heterocycles. The largest absolute Gasteiger partial charge is 0.450 e. The molecule has 258 valence electrons. The molecule has 2 aromatic carbocycles. The number of halogens is 2. The molecule has 6 aromatic heterocycles. The van der Waals surface area contributed by atoms with Gasteiger partial charge in [-0.2, -0.15) is 10.2 Å². The molecule has 0 bridgehead atoms. The summed E-state index contributed by atoms with van der Waals surface area (Å²) >= 11 is 15.2. The Morgan fingerprint density at radius 3 is 1.75 bits per heavy atom. The van der Waals surface area contributed by atoms with Gasteiger partial charge in [-0.25, -0.2) is 29.5 Å². The van der Waals surface area contributed by atoms with Gasteiger partial charge >= 0.3 is 12.1 Å². The van der Waals surface area contributed by atoms with Gasteiger partial charge in [0.15, 0.2) is 33.2 Å². The van der Waals surface area contributed by atoms with Crippen LogP contribution in [0, 0.1) is 0 Å². The normalized spacial score (nSPS) is 11.0. The molecule has 0 aliphatic carbocycles. The number of rotatable bonds is 7. The van der Waals surface area contributed by atoms with E-state index >= 15 is 0 Å². The predicted octanol–water partition coefficient (Wildman–Crippen LogP) is 7.37. The lowest BCUT2D eigenvalue weighted by Gasteiger charge is -2.06. The maximum Gasteiger partial charge on any atom is 0.413 e. The van der Waals surface area contributed by atoms with Crippen LogP contribution in [0.15, 0.2) is 73.6 Å². The van der Waals surface area contributed by atoms with Crippen molar-refractivity contribution in [1.82, 2.24) is 54.8 Å². The lowest BCUT2D eigenvalue weighted by Crippen LogP contribution is -2.24. The molecule has 0 unspecified atom stereocenters. The number of fused-ring (bicyclic) bond motifs is 2. The lowest BCUT2D eigenvalue weighted by atomic mass is 10.1. The van der Waals surface area contributed by atoms with E-state index in [4.69, 9.17) is 27.9 Å². The number of anilines is 2. The van der Waals surface area contributed by atoms with Gasteiger partial charge in [0.05, 0.1) is 30.4 Å². The van der Waals surface area contributed by atoms with Gasteiger partial charge in [0, 0.05) is 28.2 Å². The monoisotopic (exact) mass is 761 g/mol. The van der Waals surface area contributed by atoms with Crippen molar-refractivity contribution < 1.29 is 14.3 Å². The Hall–Kier alpha value is -5.82. The van der Waals surface area contributed by atoms with Crippen molar-refractivity contribution in [3.63, 3.8) is 0 Å². The van der Waals surface area contributed by atoms with E-state index in [-0.39, 0.29) is 12.6 Å². The van der Waals surface area contributed by atoms with Crippen LogP contribution in [0.1, 0.15) is 6.92 Å². The van der Waals surface area contributed by atoms with E-state index in [1.807, 2.05) is 57.7 Å². The fraction of sp³-hybridized carbons (Fsp3) is 0.0968. The minimum absolute atomic E-state index is 0.290. The maximum atomic E-state index is 11.6. The number of aromatic nitrogens is 10. The minimum Gasteiger partial charge on any atom is -0.450 e. The Morgan fingerprint density at radius 2 is 1.27 bits per heavy atom. The van der Waals surface area contributed by atoms with Crippen LogP contribution in [0.25, 0.3) is 54.8 Å². The second-order valence-electron chi connectivity index (χ2n) is 10.3. The number of amides is 3. The van der Waals surface area contributed by atoms with E-state index in [0.29, 0.717) is 43.2 Å². The second kappa shape index (κ2) is 14.6. The minimum atomic E-state index is -0.544. The average Bonchev–Trinajstić information content (AvgIpc) is 3.96. The summed E-state index contributed by atoms with van der Waals surface area (Å²) in [4.78, 5) is 40.1. The van der Waals surface area contributed by atoms with Crippen LogP contribution in [0.3, 0.4) is 0 Å². The first-order chi connectivity index (χ1) is 24.8. The number of hydrogen-bond acceptors (Lipinski definition) is 11. The molecule has 0 saturated carbocycles. The standard InChI is InChI=1S/C16H13ClN6O2S.C15H12ClN7OS/c1-2-25-16(24)20-15-19-13-12(26-15)14(22-21-13)23-8-18-7-11(23)9-5-3-4-6-10(9)17;1-17-14(24)20-15-19-12-11(25-15)13(22-21-12)23-7-18-6-10(23)8-4-2-3-5-9(8)16/h3-8H,2H2,1H3,(H2,19,20,21,22,24);2-7H,1H3,(H3,17,19,20,21,22,24). The summed E-state index contributed by atoms with van der Waals surface area (Å²) in [5, 5.41) is 24.3. The van der Waals surface area contributed by atoms with E-state index < -0.39 is 6.09 Å². The van der Waals surface area contributed by atoms with E-state index in [1.165, 1.54) is 22.7 Å². The van der Waals surface area contributed by atoms with Crippen LogP contribution in [0.4, 0.5) is 19.9 Å². The number of thiazole rings is 2. The quantitative estimate of drug-likeness (QED) is 0.110. The van der Waals surface area contributed by atoms with Crippen LogP contribution < -0.4 is 16.0 Å². The van der Waals surface area contributed by atoms with Crippen LogP contribution in [0.5, 0.6) is 0 Å². The fourth-order valence-corrected chi connectivity index (χ4v) is 7.17. The third kappa shape index (κ3) is 6.84. The molecule has 0 fully saturated rings. The Bertz CT molecular complexity index is 2500. The van der Waals surface area contributed by atoms with Crippen LogP contribution in [0.2, 0.25) is 10.0 Å². The van der Waals surface area contributed by atoms with E-state index in [2.05, 4.69) is 56.3 Å². The van der Waals surface area contributed by atoms with Crippen molar-refractivity contribution in [3.05, 3.63) is 83.6 Å². The number of aromatic amines is 2. The fourth-order valence-electron chi connectivity index (χ4n) is 4.92. The number of H-pyrrole nitrogens is 2. The summed E-state index contributed by atoms with van der Waals surface area (Å²) in [6.07, 6.45) is 6.23. The molecular formula is C31H25Cl2N13O3S2. The summed E-state index contributed by atoms with van der Waals surface area (Å²) in [5.41, 5.74) is 4.47. The highest BCUT2D eigenvalue weighted by molar-refractivity contribution is 7.23. The highest BCUT2D eigenvalue weighted by Gasteiger charge is 2.20. The van der Waals surface area contributed by atoms with Crippen molar-refractivity contribution in [2.45, 2.75) is 6.92 Å². The van der Waals surface area contributed by atoms with E-state index in [1.54, 1.807) is 39.0 Å². The van der Waals surface area contributed by atoms with Gasteiger partial charge in [-0.3, -0.25) is 30.0 Å². The topological polar surface area (TPSA) is 198 Å². The van der Waals surface area contributed by atoms with Gasteiger partial charge in [0.1, 0.15) is 22.1 Å². The molecule has 0 spiro atoms. The third-order valence-electron chi connectivity index (χ3n) is 7.16. The highest BCUT2D eigenvalue weighted by atomic mass is 35.5. The summed E-state index contributed by atoms with van der Waals surface area (Å²) < 4.78 is 10.1. The molecule has 16 nitrogen and oxygen atoms in total. The van der Waals surface area contributed by atoms with Gasteiger partial charge < -0.3 is 10.1 Å². The van der Waals surface area contributed by atoms with Crippen molar-refractivity contribution in [2.24, 2.45) is 0 Å². The number of benzene rings is 2. The third-order valence-corrected chi connectivity index (χ3v) is 9.75. The molecule has 0 radical (unpaired) electrons. The molecule has 8 rings (SSSR count). The summed E-state index contributed by atoms with van der Waals surface area (Å²) in [5.74, 6) is 1.27. The number of hydrogen-bond donors (Lipinski definition) is 5. The molecule has 5 N–H and O–H groups in total. The molecule has 51 heavy (non-hydrogen) atoms. The highest BCUT2D eigenvalue weighted by Crippen LogP contribution is 2.35. The first-order valence-corrected chi connectivity index (χ1v) is 17.4. The number of carbonyl (C=O) groups excluding carboxylic acids is 2. The summed E-state index contributed by atoms with van der Waals surface area (Å²) in [6.45, 7) is 2.03. The van der Waals surface area contributed by atoms with Crippen molar-refractivity contribution in [1.29, 1.82) is 0 Å². The number of carbonyl (C=O) groups is 2. The van der Waals surface area contributed by atoms with E-state index in [9.17, 15) is 9.59 Å². The van der Waals surface area contributed by atoms with E-state index in [0.717, 1.165) is 31.9 Å². The second-order valence-corrected chi connectivity index (χ2v) is 13.1. The Morgan fingerprint density at radius 1 is 0.784 bits per heavy atom. The molecule has 20 heteroatoms. The van der Waals surface area contributed by atoms with Gasteiger partial charge in [-0.15, -0.1) is 0 Å². The molecule has 0 aliphatic heterocycles. The van der Waals surface area contributed by atoms with Crippen LogP contribution >= 0.6 is 45.9 Å². The van der Waals surface area contributed by atoms with Gasteiger partial charge in [0.25, 0.3) is 0 Å². The van der Waals surface area contributed by atoms with Gasteiger partial charge in [-0.05, 0) is 19.1 Å². The number of nitrogens with one attached hydrogen (secondary N) is 5. The SMILES string of the molecule is CCOC(=O)Nc1nc2[nH]nc(-n3cncc3-c3ccccc3Cl)c2s1.CNC(=O)Nc1nc2[nH]nc(-n3cncc3-c3ccccc3Cl)c2s1. The van der Waals surface area contributed by atoms with Crippen LogP contribution in [-0.4, -0.2) is 75.2 Å². The van der Waals surface area contributed by atoms with Gasteiger partial charge in [0.2, 0.25) is 0 Å². The Balaban J connectivity index is 0.000000159. The van der Waals surface area contributed by atoms with Crippen molar-refractivity contribution in [3.8, 4) is 34.2 Å². The molecule has 3 amide bonds. The summed E-state index contributed by atoms with van der Waals surface area (Å²) in [6, 6.07) is 14.7. The summed E-state index contributed by atoms with van der Waals surface area (Å²) in [7, 11) is 1.54. The zero-order chi connectivity index (χ0) is 35.5. The molecule has 6 heterocycles. The average molecular weight is 763 g/mol. The lowest BCUT2D eigenvalue weighted by molar-refractivity contribution is 0.168. The molecule has 0 aliphatic rings. The van der Waals surface area contributed by atoms with Crippen LogP contribution in [-0.2, 0) is 4.74 Å². The number of imidazole rings is 2. The number of nitrogens with zero attached hydrogens (tertiary/aromatic N) is 8. The Kier molecular flexibility index (Phi) is 9.62. The molecule has 0 atom stereocenters. The number of urea groups is 1. The number of ether oxygens (including phenoxy) is 1.